The van der Waals surface area contributed by atoms with Gasteiger partial charge in [0.2, 0.25) is 0 Å². The Morgan fingerprint density at radius 2 is 1.97 bits per heavy atom. The third-order valence-electron chi connectivity index (χ3n) is 5.68. The number of fused-ring (bicyclic) bond motifs is 1. The fourth-order valence-corrected chi connectivity index (χ4v) is 3.83. The Hall–Kier alpha value is -3.27. The van der Waals surface area contributed by atoms with Gasteiger partial charge in [0.15, 0.2) is 0 Å². The summed E-state index contributed by atoms with van der Waals surface area (Å²) in [7, 11) is 0. The summed E-state index contributed by atoms with van der Waals surface area (Å²) in [6.45, 7) is 9.86. The first kappa shape index (κ1) is 23.4. The normalized spacial score (nSPS) is 12.7. The third kappa shape index (κ3) is 6.61. The smallest absolute Gasteiger partial charge is 0.106 e. The summed E-state index contributed by atoms with van der Waals surface area (Å²) in [6, 6.07) is 10.6. The van der Waals surface area contributed by atoms with Gasteiger partial charge in [-0.05, 0) is 69.9 Å². The number of nitrogens with zero attached hydrogens (tertiary/aromatic N) is 3. The summed E-state index contributed by atoms with van der Waals surface area (Å²) in [6.07, 6.45) is 16.3. The molecule has 4 nitrogen and oxygen atoms in total. The van der Waals surface area contributed by atoms with E-state index in [1.54, 1.807) is 12.3 Å². The van der Waals surface area contributed by atoms with Gasteiger partial charge >= 0.3 is 0 Å². The number of hydrogen-bond donors (Lipinski definition) is 1. The number of pyridine rings is 1. The molecule has 0 bridgehead atoms. The van der Waals surface area contributed by atoms with Gasteiger partial charge in [-0.15, -0.1) is 0 Å². The first-order chi connectivity index (χ1) is 15.6. The molecule has 2 aromatic heterocycles. The predicted molar refractivity (Wildman–Crippen MR) is 137 cm³/mol. The molecule has 0 aliphatic rings. The fourth-order valence-electron chi connectivity index (χ4n) is 3.83. The molecule has 32 heavy (non-hydrogen) atoms. The largest absolute Gasteiger partial charge is 0.342 e. The zero-order valence-electron chi connectivity index (χ0n) is 19.6. The van der Waals surface area contributed by atoms with Crippen LogP contribution in [0, 0.1) is 6.92 Å². The highest BCUT2D eigenvalue weighted by molar-refractivity contribution is 5.98. The van der Waals surface area contributed by atoms with Gasteiger partial charge in [0.25, 0.3) is 0 Å². The Balaban J connectivity index is 1.44. The van der Waals surface area contributed by atoms with Crippen LogP contribution >= 0.6 is 0 Å². The van der Waals surface area contributed by atoms with Crippen LogP contribution in [0.25, 0.3) is 22.2 Å². The van der Waals surface area contributed by atoms with Crippen LogP contribution in [0.3, 0.4) is 0 Å². The quantitative estimate of drug-likeness (QED) is 0.196. The maximum atomic E-state index is 4.60. The second-order valence-corrected chi connectivity index (χ2v) is 8.12. The summed E-state index contributed by atoms with van der Waals surface area (Å²) in [5.41, 5.74) is 6.72. The number of imidazole rings is 1. The van der Waals surface area contributed by atoms with Crippen LogP contribution in [0.4, 0.5) is 0 Å². The van der Waals surface area contributed by atoms with Crippen LogP contribution in [-0.4, -0.2) is 20.7 Å². The molecule has 0 spiro atoms. The van der Waals surface area contributed by atoms with E-state index in [0.717, 1.165) is 58.7 Å². The van der Waals surface area contributed by atoms with Crippen LogP contribution in [0.1, 0.15) is 57.5 Å². The highest BCUT2D eigenvalue weighted by Gasteiger charge is 2.06. The van der Waals surface area contributed by atoms with Crippen LogP contribution in [0.5, 0.6) is 0 Å². The summed E-state index contributed by atoms with van der Waals surface area (Å²) in [5, 5.41) is 1.15. The Bertz CT molecular complexity index is 1130. The lowest BCUT2D eigenvalue weighted by atomic mass is 10.0. The third-order valence-corrected chi connectivity index (χ3v) is 5.68. The van der Waals surface area contributed by atoms with E-state index in [1.807, 2.05) is 19.2 Å². The Morgan fingerprint density at radius 1 is 1.12 bits per heavy atom. The standard InChI is InChI=1S/C28H34N4/c1-5-7-18-29-22(4)23(6-2)12-10-8-9-11-13-28-30-20-27(32-28)25-16-17-26-24(19-25)15-14-21(3)31-26/h5-7,14-20H,1,8-13H2,2-4H3,(H,30,32)/b18-7-,23-6-,29-22-. The molecule has 3 aromatic rings. The minimum absolute atomic E-state index is 0.984. The van der Waals surface area contributed by atoms with Gasteiger partial charge in [0.1, 0.15) is 5.82 Å². The number of hydrogen-bond acceptors (Lipinski definition) is 3. The Kier molecular flexibility index (Phi) is 8.73. The van der Waals surface area contributed by atoms with E-state index in [-0.39, 0.29) is 0 Å². The van der Waals surface area contributed by atoms with Gasteiger partial charge in [-0.1, -0.05) is 43.7 Å². The monoisotopic (exact) mass is 426 g/mol. The van der Waals surface area contributed by atoms with Crippen molar-refractivity contribution in [3.05, 3.63) is 84.6 Å². The first-order valence-electron chi connectivity index (χ1n) is 11.5. The van der Waals surface area contributed by atoms with E-state index < -0.39 is 0 Å². The Labute approximate surface area is 191 Å². The molecule has 0 saturated carbocycles. The summed E-state index contributed by atoms with van der Waals surface area (Å²) in [5.74, 6) is 1.06. The zero-order valence-corrected chi connectivity index (χ0v) is 19.6. The average Bonchev–Trinajstić information content (AvgIpc) is 3.27. The van der Waals surface area contributed by atoms with Gasteiger partial charge in [0.05, 0.1) is 17.4 Å². The van der Waals surface area contributed by atoms with Gasteiger partial charge < -0.3 is 4.98 Å². The van der Waals surface area contributed by atoms with Crippen molar-refractivity contribution in [2.45, 2.75) is 59.3 Å². The van der Waals surface area contributed by atoms with Crippen molar-refractivity contribution in [2.24, 2.45) is 4.99 Å². The SMILES string of the molecule is C=C\C=C/N=C(C)\C(=C/C)CCCCCCc1ncc(-c2ccc3nc(C)ccc3c2)[nH]1. The van der Waals surface area contributed by atoms with E-state index in [0.29, 0.717) is 0 Å². The van der Waals surface area contributed by atoms with Gasteiger partial charge in [-0.3, -0.25) is 9.98 Å². The molecule has 2 heterocycles. The molecule has 166 valence electrons. The summed E-state index contributed by atoms with van der Waals surface area (Å²) in [4.78, 5) is 17.1. The van der Waals surface area contributed by atoms with Gasteiger partial charge in [-0.2, -0.15) is 0 Å². The number of aliphatic imine (C=N–C) groups is 1. The maximum absolute atomic E-state index is 4.60. The molecule has 0 atom stereocenters. The molecule has 0 fully saturated rings. The topological polar surface area (TPSA) is 53.9 Å². The lowest BCUT2D eigenvalue weighted by Crippen LogP contribution is -1.97. The van der Waals surface area contributed by atoms with E-state index in [9.17, 15) is 0 Å². The van der Waals surface area contributed by atoms with Crippen molar-refractivity contribution in [1.82, 2.24) is 15.0 Å². The van der Waals surface area contributed by atoms with Gasteiger partial charge in [-0.25, -0.2) is 4.98 Å². The molecular weight excluding hydrogens is 392 g/mol. The number of unbranched alkanes of at least 4 members (excludes halogenated alkanes) is 3. The van der Waals surface area contributed by atoms with Crippen molar-refractivity contribution >= 4 is 16.6 Å². The molecule has 4 heteroatoms. The highest BCUT2D eigenvalue weighted by Crippen LogP contribution is 2.23. The molecule has 0 amide bonds. The second-order valence-electron chi connectivity index (χ2n) is 8.12. The van der Waals surface area contributed by atoms with Crippen LogP contribution < -0.4 is 0 Å². The molecule has 0 saturated heterocycles. The van der Waals surface area contributed by atoms with Crippen LogP contribution in [-0.2, 0) is 6.42 Å². The lowest BCUT2D eigenvalue weighted by molar-refractivity contribution is 0.634. The number of benzene rings is 1. The van der Waals surface area contributed by atoms with Crippen molar-refractivity contribution in [1.29, 1.82) is 0 Å². The second kappa shape index (κ2) is 11.9. The minimum Gasteiger partial charge on any atom is -0.342 e. The van der Waals surface area contributed by atoms with Crippen LogP contribution in [0.15, 0.2) is 78.1 Å². The minimum atomic E-state index is 0.984. The molecular formula is C28H34N4. The molecule has 3 rings (SSSR count). The fraction of sp³-hybridized carbons (Fsp3) is 0.321. The zero-order chi connectivity index (χ0) is 22.8. The number of nitrogens with one attached hydrogen (secondary N) is 1. The number of rotatable bonds is 11. The Morgan fingerprint density at radius 3 is 2.78 bits per heavy atom. The molecule has 1 N–H and O–H groups in total. The van der Waals surface area contributed by atoms with Crippen molar-refractivity contribution in [3.8, 4) is 11.3 Å². The number of aromatic amines is 1. The van der Waals surface area contributed by atoms with Crippen molar-refractivity contribution in [2.75, 3.05) is 0 Å². The number of H-pyrrole nitrogens is 1. The van der Waals surface area contributed by atoms with Crippen molar-refractivity contribution < 1.29 is 0 Å². The number of aromatic nitrogens is 3. The van der Waals surface area contributed by atoms with E-state index in [2.05, 4.69) is 76.8 Å². The first-order valence-corrected chi connectivity index (χ1v) is 11.5. The van der Waals surface area contributed by atoms with Crippen LogP contribution in [0.2, 0.25) is 0 Å². The average molecular weight is 427 g/mol. The highest BCUT2D eigenvalue weighted by atomic mass is 14.9. The number of allylic oxidation sites excluding steroid dienone is 4. The van der Waals surface area contributed by atoms with Crippen molar-refractivity contribution in [3.63, 3.8) is 0 Å². The lowest BCUT2D eigenvalue weighted by Gasteiger charge is -2.06. The van der Waals surface area contributed by atoms with E-state index >= 15 is 0 Å². The summed E-state index contributed by atoms with van der Waals surface area (Å²) < 4.78 is 0. The number of aryl methyl sites for hydroxylation is 2. The summed E-state index contributed by atoms with van der Waals surface area (Å²) >= 11 is 0. The van der Waals surface area contributed by atoms with E-state index in [1.165, 1.54) is 24.8 Å². The predicted octanol–water partition coefficient (Wildman–Crippen LogP) is 7.53. The molecule has 0 radical (unpaired) electrons. The maximum Gasteiger partial charge on any atom is 0.106 e. The molecule has 0 aliphatic carbocycles. The molecule has 1 aromatic carbocycles. The molecule has 0 aliphatic heterocycles. The molecule has 0 unspecified atom stereocenters. The van der Waals surface area contributed by atoms with Gasteiger partial charge in [0, 0.05) is 35.0 Å². The van der Waals surface area contributed by atoms with E-state index in [4.69, 9.17) is 0 Å².